The summed E-state index contributed by atoms with van der Waals surface area (Å²) >= 11 is 0. The van der Waals surface area contributed by atoms with Crippen molar-refractivity contribution in [2.24, 2.45) is 5.41 Å². The number of rotatable bonds is 8. The van der Waals surface area contributed by atoms with Crippen molar-refractivity contribution in [1.29, 1.82) is 0 Å². The zero-order chi connectivity index (χ0) is 20.1. The Morgan fingerprint density at radius 3 is 2.66 bits per heavy atom. The topological polar surface area (TPSA) is 120 Å². The van der Waals surface area contributed by atoms with Gasteiger partial charge in [-0.1, -0.05) is 35.5 Å². The van der Waals surface area contributed by atoms with Gasteiger partial charge in [0.2, 0.25) is 5.91 Å². The van der Waals surface area contributed by atoms with Gasteiger partial charge in [0.1, 0.15) is 5.69 Å². The summed E-state index contributed by atoms with van der Waals surface area (Å²) in [5, 5.41) is 16.8. The van der Waals surface area contributed by atoms with Gasteiger partial charge in [-0.15, -0.1) is 10.2 Å². The number of nitrogens with zero attached hydrogens (tertiary/aromatic N) is 4. The summed E-state index contributed by atoms with van der Waals surface area (Å²) in [6.07, 6.45) is 3.68. The number of nitrogens with one attached hydrogen (secondary N) is 3. The molecule has 9 heteroatoms. The first-order chi connectivity index (χ1) is 14.2. The third-order valence-electron chi connectivity index (χ3n) is 5.22. The van der Waals surface area contributed by atoms with Crippen LogP contribution in [0.3, 0.4) is 0 Å². The predicted molar refractivity (Wildman–Crippen MR) is 105 cm³/mol. The van der Waals surface area contributed by atoms with Crippen LogP contribution in [-0.4, -0.2) is 62.0 Å². The minimum absolute atomic E-state index is 0.0231. The molecule has 0 atom stereocenters. The van der Waals surface area contributed by atoms with E-state index < -0.39 is 5.41 Å². The van der Waals surface area contributed by atoms with Crippen LogP contribution in [0.4, 0.5) is 0 Å². The highest BCUT2D eigenvalue weighted by Gasteiger charge is 2.50. The lowest BCUT2D eigenvalue weighted by Gasteiger charge is -2.48. The first-order valence-electron chi connectivity index (χ1n) is 9.63. The van der Waals surface area contributed by atoms with Crippen molar-refractivity contribution >= 4 is 11.8 Å². The number of benzene rings is 1. The molecule has 3 aromatic rings. The van der Waals surface area contributed by atoms with Crippen molar-refractivity contribution in [3.05, 3.63) is 65.7 Å². The van der Waals surface area contributed by atoms with Crippen LogP contribution >= 0.6 is 0 Å². The lowest BCUT2D eigenvalue weighted by atomic mass is 9.73. The molecule has 1 saturated heterocycles. The highest BCUT2D eigenvalue weighted by atomic mass is 16.2. The molecule has 0 spiro atoms. The molecule has 1 aromatic carbocycles. The Labute approximate surface area is 167 Å². The van der Waals surface area contributed by atoms with Gasteiger partial charge >= 0.3 is 0 Å². The first-order valence-corrected chi connectivity index (χ1v) is 9.63. The number of aryl methyl sites for hydroxylation is 1. The van der Waals surface area contributed by atoms with Crippen molar-refractivity contribution in [3.63, 3.8) is 0 Å². The number of hydrogen-bond donors (Lipinski definition) is 3. The van der Waals surface area contributed by atoms with E-state index in [1.807, 2.05) is 30.3 Å². The lowest BCUT2D eigenvalue weighted by Crippen LogP contribution is -2.65. The predicted octanol–water partition coefficient (Wildman–Crippen LogP) is 0.962. The van der Waals surface area contributed by atoms with E-state index in [9.17, 15) is 9.59 Å². The number of H-pyrrole nitrogens is 2. The average Bonchev–Trinajstić information content (AvgIpc) is 3.42. The fourth-order valence-corrected chi connectivity index (χ4v) is 3.71. The van der Waals surface area contributed by atoms with Crippen molar-refractivity contribution < 1.29 is 9.59 Å². The summed E-state index contributed by atoms with van der Waals surface area (Å²) in [5.41, 5.74) is 1.01. The number of aromatic nitrogens is 5. The number of amides is 2. The minimum atomic E-state index is -0.615. The number of likely N-dealkylation sites (tertiary alicyclic amines) is 1. The molecule has 2 amide bonds. The highest BCUT2D eigenvalue weighted by molar-refractivity contribution is 5.95. The van der Waals surface area contributed by atoms with Gasteiger partial charge < -0.3 is 15.2 Å². The van der Waals surface area contributed by atoms with Crippen LogP contribution in [0.25, 0.3) is 0 Å². The molecule has 4 rings (SSSR count). The van der Waals surface area contributed by atoms with Crippen molar-refractivity contribution in [2.45, 2.75) is 19.3 Å². The van der Waals surface area contributed by atoms with Crippen LogP contribution in [0, 0.1) is 5.41 Å². The van der Waals surface area contributed by atoms with Gasteiger partial charge in [-0.05, 0) is 30.5 Å². The summed E-state index contributed by atoms with van der Waals surface area (Å²) < 4.78 is 0. The molecule has 1 aliphatic rings. The van der Waals surface area contributed by atoms with E-state index in [0.717, 1.165) is 12.0 Å². The van der Waals surface area contributed by atoms with E-state index in [1.54, 1.807) is 23.2 Å². The van der Waals surface area contributed by atoms with E-state index in [4.69, 9.17) is 0 Å². The third-order valence-corrected chi connectivity index (χ3v) is 5.22. The summed E-state index contributed by atoms with van der Waals surface area (Å²) in [6.45, 7) is 1.32. The molecule has 0 saturated carbocycles. The molecule has 1 aliphatic heterocycles. The van der Waals surface area contributed by atoms with Crippen LogP contribution in [0.1, 0.15) is 28.3 Å². The number of aromatic amines is 2. The summed E-state index contributed by atoms with van der Waals surface area (Å²) in [6, 6.07) is 13.5. The monoisotopic (exact) mass is 393 g/mol. The fourth-order valence-electron chi connectivity index (χ4n) is 3.71. The minimum Gasteiger partial charge on any atom is -0.357 e. The number of carbonyl (C=O) groups excluding carboxylic acids is 2. The van der Waals surface area contributed by atoms with Gasteiger partial charge in [0, 0.05) is 32.3 Å². The maximum atomic E-state index is 13.1. The Hall–Kier alpha value is -3.49. The van der Waals surface area contributed by atoms with Crippen LogP contribution in [-0.2, 0) is 17.6 Å². The molecular weight excluding hydrogens is 370 g/mol. The van der Waals surface area contributed by atoms with Crippen LogP contribution < -0.4 is 5.32 Å². The Morgan fingerprint density at radius 1 is 1.14 bits per heavy atom. The van der Waals surface area contributed by atoms with E-state index in [1.165, 1.54) is 0 Å². The molecule has 3 N–H and O–H groups in total. The maximum absolute atomic E-state index is 13.1. The summed E-state index contributed by atoms with van der Waals surface area (Å²) in [4.78, 5) is 30.3. The third kappa shape index (κ3) is 4.18. The van der Waals surface area contributed by atoms with Crippen LogP contribution in [0.2, 0.25) is 0 Å². The molecule has 0 radical (unpaired) electrons. The molecule has 9 nitrogen and oxygen atoms in total. The van der Waals surface area contributed by atoms with Gasteiger partial charge in [-0.25, -0.2) is 0 Å². The van der Waals surface area contributed by atoms with E-state index >= 15 is 0 Å². The second-order valence-corrected chi connectivity index (χ2v) is 7.38. The molecule has 29 heavy (non-hydrogen) atoms. The molecule has 0 unspecified atom stereocenters. The smallest absolute Gasteiger partial charge is 0.270 e. The zero-order valence-corrected chi connectivity index (χ0v) is 16.0. The molecular formula is C20H23N7O2. The normalized spacial score (nSPS) is 15.0. The summed E-state index contributed by atoms with van der Waals surface area (Å²) in [5.74, 6) is 0.526. The second-order valence-electron chi connectivity index (χ2n) is 7.38. The summed E-state index contributed by atoms with van der Waals surface area (Å²) in [7, 11) is 0. The first kappa shape index (κ1) is 18.9. The fraction of sp³-hybridized carbons (Fsp3) is 0.350. The van der Waals surface area contributed by atoms with Gasteiger partial charge in [0.15, 0.2) is 5.82 Å². The Kier molecular flexibility index (Phi) is 5.37. The molecule has 2 aromatic heterocycles. The quantitative estimate of drug-likeness (QED) is 0.493. The number of tetrazole rings is 1. The van der Waals surface area contributed by atoms with Gasteiger partial charge in [-0.3, -0.25) is 9.59 Å². The molecule has 0 bridgehead atoms. The van der Waals surface area contributed by atoms with Crippen molar-refractivity contribution in [1.82, 2.24) is 35.8 Å². The van der Waals surface area contributed by atoms with Crippen molar-refractivity contribution in [3.8, 4) is 0 Å². The van der Waals surface area contributed by atoms with Gasteiger partial charge in [0.05, 0.1) is 5.41 Å². The van der Waals surface area contributed by atoms with E-state index in [-0.39, 0.29) is 11.8 Å². The van der Waals surface area contributed by atoms with Crippen molar-refractivity contribution in [2.75, 3.05) is 19.6 Å². The maximum Gasteiger partial charge on any atom is 0.270 e. The van der Waals surface area contributed by atoms with Gasteiger partial charge in [-0.2, -0.15) is 5.21 Å². The zero-order valence-electron chi connectivity index (χ0n) is 16.0. The Bertz CT molecular complexity index is 933. The van der Waals surface area contributed by atoms with E-state index in [0.29, 0.717) is 44.0 Å². The second kappa shape index (κ2) is 8.26. The van der Waals surface area contributed by atoms with Crippen LogP contribution in [0.5, 0.6) is 0 Å². The molecule has 3 heterocycles. The van der Waals surface area contributed by atoms with Crippen LogP contribution in [0.15, 0.2) is 48.7 Å². The number of carbonyl (C=O) groups is 2. The van der Waals surface area contributed by atoms with Gasteiger partial charge in [0.25, 0.3) is 5.91 Å². The number of hydrogen-bond acceptors (Lipinski definition) is 5. The highest BCUT2D eigenvalue weighted by Crippen LogP contribution is 2.35. The molecule has 150 valence electrons. The lowest BCUT2D eigenvalue weighted by molar-refractivity contribution is -0.139. The van der Waals surface area contributed by atoms with E-state index in [2.05, 4.69) is 30.9 Å². The SMILES string of the molecule is O=C(c1ccc[nH]1)N1CC(Cc2ccccc2)(C(=O)NCCCc2nn[nH]n2)C1. The standard InChI is InChI=1S/C20H23N7O2/c28-18(16-8-4-10-21-16)27-13-20(14-27,12-15-6-2-1-3-7-15)19(29)22-11-5-9-17-23-25-26-24-17/h1-4,6-8,10,21H,5,9,11-14H2,(H,22,29)(H,23,24,25,26). The Morgan fingerprint density at radius 2 is 1.97 bits per heavy atom. The Balaban J connectivity index is 1.38. The molecule has 1 fully saturated rings. The largest absolute Gasteiger partial charge is 0.357 e. The molecule has 0 aliphatic carbocycles. The average molecular weight is 393 g/mol.